The van der Waals surface area contributed by atoms with Crippen molar-refractivity contribution in [3.05, 3.63) is 0 Å². The van der Waals surface area contributed by atoms with Crippen LogP contribution in [0.1, 0.15) is 45.4 Å². The van der Waals surface area contributed by atoms with Crippen LogP contribution in [0.3, 0.4) is 0 Å². The van der Waals surface area contributed by atoms with Crippen molar-refractivity contribution in [2.24, 2.45) is 11.1 Å². The predicted octanol–water partition coefficient (Wildman–Crippen LogP) is 1.99. The molecule has 0 spiro atoms. The van der Waals surface area contributed by atoms with Crippen LogP contribution in [0.25, 0.3) is 0 Å². The maximum Gasteiger partial charge on any atom is 0.00928 e. The largest absolute Gasteiger partial charge is 0.330 e. The number of nitrogens with two attached hydrogens (primary N) is 1. The molecule has 14 heavy (non-hydrogen) atoms. The van der Waals surface area contributed by atoms with Crippen LogP contribution in [0.15, 0.2) is 0 Å². The minimum absolute atomic E-state index is 0.532. The van der Waals surface area contributed by atoms with Crippen molar-refractivity contribution in [2.45, 2.75) is 51.5 Å². The van der Waals surface area contributed by atoms with E-state index in [9.17, 15) is 0 Å². The maximum atomic E-state index is 5.85. The average Bonchev–Trinajstić information content (AvgIpc) is 2.99. The Balaban J connectivity index is 1.88. The van der Waals surface area contributed by atoms with Gasteiger partial charge in [-0.25, -0.2) is 0 Å². The lowest BCUT2D eigenvalue weighted by Gasteiger charge is -2.37. The molecule has 2 heteroatoms. The van der Waals surface area contributed by atoms with Gasteiger partial charge in [-0.1, -0.05) is 13.3 Å². The monoisotopic (exact) mass is 196 g/mol. The van der Waals surface area contributed by atoms with Crippen LogP contribution in [-0.2, 0) is 0 Å². The second kappa shape index (κ2) is 4.19. The molecule has 1 aliphatic heterocycles. The normalized spacial score (nSPS) is 31.7. The summed E-state index contributed by atoms with van der Waals surface area (Å²) < 4.78 is 0. The molecule has 2 fully saturated rings. The maximum absolute atomic E-state index is 5.85. The number of rotatable bonds is 4. The summed E-state index contributed by atoms with van der Waals surface area (Å²) in [5.74, 6) is 0. The smallest absolute Gasteiger partial charge is 0.00928 e. The summed E-state index contributed by atoms with van der Waals surface area (Å²) in [6.45, 7) is 5.83. The molecule has 1 heterocycles. The SMILES string of the molecule is CCC1CCCCN1CC1(CN)CC1. The van der Waals surface area contributed by atoms with E-state index in [2.05, 4.69) is 11.8 Å². The number of hydrogen-bond acceptors (Lipinski definition) is 2. The molecule has 0 aromatic heterocycles. The van der Waals surface area contributed by atoms with E-state index in [0.29, 0.717) is 5.41 Å². The van der Waals surface area contributed by atoms with Crippen LogP contribution >= 0.6 is 0 Å². The second-order valence-electron chi connectivity index (χ2n) is 5.23. The lowest BCUT2D eigenvalue weighted by atomic mass is 9.97. The van der Waals surface area contributed by atoms with E-state index in [4.69, 9.17) is 5.73 Å². The highest BCUT2D eigenvalue weighted by molar-refractivity contribution is 4.97. The first-order chi connectivity index (χ1) is 6.79. The second-order valence-corrected chi connectivity index (χ2v) is 5.23. The number of nitrogens with zero attached hydrogens (tertiary/aromatic N) is 1. The molecule has 1 aliphatic carbocycles. The van der Waals surface area contributed by atoms with Crippen molar-refractivity contribution >= 4 is 0 Å². The van der Waals surface area contributed by atoms with Crippen molar-refractivity contribution in [1.82, 2.24) is 4.90 Å². The van der Waals surface area contributed by atoms with E-state index in [-0.39, 0.29) is 0 Å². The van der Waals surface area contributed by atoms with Gasteiger partial charge in [-0.2, -0.15) is 0 Å². The molecule has 82 valence electrons. The fourth-order valence-corrected chi connectivity index (χ4v) is 2.76. The van der Waals surface area contributed by atoms with E-state index in [1.807, 2.05) is 0 Å². The highest BCUT2D eigenvalue weighted by Gasteiger charge is 2.43. The summed E-state index contributed by atoms with van der Waals surface area (Å²) in [6, 6.07) is 0.854. The van der Waals surface area contributed by atoms with E-state index in [1.165, 1.54) is 51.6 Å². The summed E-state index contributed by atoms with van der Waals surface area (Å²) >= 11 is 0. The highest BCUT2D eigenvalue weighted by Crippen LogP contribution is 2.46. The molecule has 2 rings (SSSR count). The van der Waals surface area contributed by atoms with Crippen LogP contribution < -0.4 is 5.73 Å². The Morgan fingerprint density at radius 2 is 2.14 bits per heavy atom. The molecule has 0 aromatic carbocycles. The van der Waals surface area contributed by atoms with E-state index in [0.717, 1.165) is 12.6 Å². The quantitative estimate of drug-likeness (QED) is 0.745. The zero-order valence-electron chi connectivity index (χ0n) is 9.47. The Labute approximate surface area is 87.8 Å². The van der Waals surface area contributed by atoms with Gasteiger partial charge in [-0.15, -0.1) is 0 Å². The minimum Gasteiger partial charge on any atom is -0.330 e. The molecule has 1 saturated heterocycles. The molecule has 0 aromatic rings. The molecule has 0 radical (unpaired) electrons. The van der Waals surface area contributed by atoms with Gasteiger partial charge in [0.2, 0.25) is 0 Å². The molecule has 1 unspecified atom stereocenters. The van der Waals surface area contributed by atoms with Crippen molar-refractivity contribution in [2.75, 3.05) is 19.6 Å². The topological polar surface area (TPSA) is 29.3 Å². The van der Waals surface area contributed by atoms with Crippen LogP contribution in [0.2, 0.25) is 0 Å². The van der Waals surface area contributed by atoms with Crippen molar-refractivity contribution in [1.29, 1.82) is 0 Å². The Morgan fingerprint density at radius 3 is 2.71 bits per heavy atom. The van der Waals surface area contributed by atoms with E-state index in [1.54, 1.807) is 0 Å². The Hall–Kier alpha value is -0.0800. The van der Waals surface area contributed by atoms with Crippen LogP contribution in [0, 0.1) is 5.41 Å². The third kappa shape index (κ3) is 2.12. The van der Waals surface area contributed by atoms with Gasteiger partial charge in [0.25, 0.3) is 0 Å². The van der Waals surface area contributed by atoms with Crippen molar-refractivity contribution in [3.8, 4) is 0 Å². The third-order valence-electron chi connectivity index (χ3n) is 4.15. The molecule has 2 N–H and O–H groups in total. The van der Waals surface area contributed by atoms with Crippen LogP contribution in [0.4, 0.5) is 0 Å². The highest BCUT2D eigenvalue weighted by atomic mass is 15.2. The molecule has 1 atom stereocenters. The first kappa shape index (κ1) is 10.4. The molecule has 1 saturated carbocycles. The van der Waals surface area contributed by atoms with E-state index < -0.39 is 0 Å². The number of piperidine rings is 1. The van der Waals surface area contributed by atoms with Gasteiger partial charge in [0.1, 0.15) is 0 Å². The zero-order valence-corrected chi connectivity index (χ0v) is 9.47. The van der Waals surface area contributed by atoms with Gasteiger partial charge < -0.3 is 5.73 Å². The molecular formula is C12H24N2. The van der Waals surface area contributed by atoms with Gasteiger partial charge in [-0.05, 0) is 50.6 Å². The van der Waals surface area contributed by atoms with Gasteiger partial charge in [0, 0.05) is 12.6 Å². The van der Waals surface area contributed by atoms with Gasteiger partial charge >= 0.3 is 0 Å². The number of hydrogen-bond donors (Lipinski definition) is 1. The third-order valence-corrected chi connectivity index (χ3v) is 4.15. The van der Waals surface area contributed by atoms with Crippen LogP contribution in [-0.4, -0.2) is 30.6 Å². The molecule has 0 bridgehead atoms. The summed E-state index contributed by atoms with van der Waals surface area (Å²) in [4.78, 5) is 2.71. The summed E-state index contributed by atoms with van der Waals surface area (Å²) in [7, 11) is 0. The minimum atomic E-state index is 0.532. The van der Waals surface area contributed by atoms with Crippen LogP contribution in [0.5, 0.6) is 0 Å². The summed E-state index contributed by atoms with van der Waals surface area (Å²) in [5.41, 5.74) is 6.38. The first-order valence-electron chi connectivity index (χ1n) is 6.24. The lowest BCUT2D eigenvalue weighted by molar-refractivity contribution is 0.117. The molecular weight excluding hydrogens is 172 g/mol. The van der Waals surface area contributed by atoms with Gasteiger partial charge in [0.15, 0.2) is 0 Å². The van der Waals surface area contributed by atoms with Crippen molar-refractivity contribution in [3.63, 3.8) is 0 Å². The average molecular weight is 196 g/mol. The molecule has 2 nitrogen and oxygen atoms in total. The summed E-state index contributed by atoms with van der Waals surface area (Å²) in [6.07, 6.45) is 8.31. The fraction of sp³-hybridized carbons (Fsp3) is 1.00. The lowest BCUT2D eigenvalue weighted by Crippen LogP contribution is -2.43. The van der Waals surface area contributed by atoms with Crippen molar-refractivity contribution < 1.29 is 0 Å². The molecule has 0 amide bonds. The Bertz CT molecular complexity index is 187. The van der Waals surface area contributed by atoms with Gasteiger partial charge in [-0.3, -0.25) is 4.90 Å². The predicted molar refractivity (Wildman–Crippen MR) is 60.2 cm³/mol. The fourth-order valence-electron chi connectivity index (χ4n) is 2.76. The Morgan fingerprint density at radius 1 is 1.36 bits per heavy atom. The zero-order chi connectivity index (χ0) is 10.0. The Kier molecular flexibility index (Phi) is 3.13. The van der Waals surface area contributed by atoms with Gasteiger partial charge in [0.05, 0.1) is 0 Å². The molecule has 2 aliphatic rings. The summed E-state index contributed by atoms with van der Waals surface area (Å²) in [5, 5.41) is 0. The standard InChI is InChI=1S/C12H24N2/c1-2-11-5-3-4-8-14(11)10-12(9-13)6-7-12/h11H,2-10,13H2,1H3. The number of likely N-dealkylation sites (tertiary alicyclic amines) is 1. The van der Waals surface area contributed by atoms with E-state index >= 15 is 0 Å². The first-order valence-corrected chi connectivity index (χ1v) is 6.24.